The van der Waals surface area contributed by atoms with Gasteiger partial charge in [-0.15, -0.1) is 0 Å². The molecule has 4 unspecified atom stereocenters. The van der Waals surface area contributed by atoms with Crippen molar-refractivity contribution in [1.82, 2.24) is 40.0 Å². The summed E-state index contributed by atoms with van der Waals surface area (Å²) >= 11 is 7.96. The molecule has 0 aromatic heterocycles. The van der Waals surface area contributed by atoms with E-state index in [0.717, 1.165) is 76.1 Å². The quantitative estimate of drug-likeness (QED) is 0.00569. The SMILES string of the molecule is CC(C)(C)OC(=O)N1CCN(C(=O)CCCCCN=[N+]=[N-])CC1CO.CC(C)(C)OC(=O)N1CCNCC1CO.CCBr.COCC(=O)Cl.COCC(=O)OCC1CN(C(=O)CCCCCN=[N+]=[N-])CCN1.COCC(=O)OCC1CN(C(=O)CCCCCN=[N+]=[N-])CCN1C(=O)OC(C)(C)C.[N-]=[N+]=NCCCCCC(=O)O. The monoisotopic (exact) mass is 1700 g/mol. The fourth-order valence-electron chi connectivity index (χ4n) is 10.2. The number of amides is 6. The lowest BCUT2D eigenvalue weighted by atomic mass is 10.1. The highest BCUT2D eigenvalue weighted by Gasteiger charge is 2.37. The van der Waals surface area contributed by atoms with Crippen molar-refractivity contribution in [3.8, 4) is 0 Å². The first kappa shape index (κ1) is 109. The summed E-state index contributed by atoms with van der Waals surface area (Å²) in [6.07, 6.45) is 9.44. The van der Waals surface area contributed by atoms with Crippen LogP contribution in [0.25, 0.3) is 41.8 Å². The minimum atomic E-state index is -0.770. The number of carbonyl (C=O) groups is 10. The van der Waals surface area contributed by atoms with Gasteiger partial charge in [0.1, 0.15) is 49.8 Å². The standard InChI is InChI=1S/C19H33N5O6.C16H29N5O4.C14H25N5O4.C10H20N2O3.C6H11N3O2.C3H5ClO2.C2H5Br/c1-19(2,3)30-18(27)24-11-10-23(12-15(24)13-29-17(26)14-28-4)16(25)8-6-5-7-9-21-22-20;1-16(2,3)25-15(24)21-10-9-20(11-13(21)12-22)14(23)7-5-4-6-8-18-19-17;1-22-11-14(21)23-10-12-9-19(8-7-16-12)13(20)5-3-2-4-6-17-18-15;1-10(2,3)15-9(14)12-5-4-11-6-8(12)7-13;7-9-8-5-3-1-2-4-6(10)11;1-6-2-3(4)5;1-2-3/h15H,5-14H2,1-4H3;13,22H,4-12H2,1-3H3;12,16H,2-11H2,1H3;8,11,13H,4-7H2,1-3H3;1-5H2,(H,10,11);2H2,1H3;2H2,1H3. The van der Waals surface area contributed by atoms with Gasteiger partial charge in [-0.3, -0.25) is 33.8 Å². The number of ether oxygens (including phenoxy) is 8. The number of unbranched alkanes of at least 4 members (excludes halogenated alkanes) is 8. The van der Waals surface area contributed by atoms with E-state index in [0.29, 0.717) is 124 Å². The zero-order chi connectivity index (χ0) is 86.1. The van der Waals surface area contributed by atoms with Crippen LogP contribution in [0, 0.1) is 0 Å². The Kier molecular flexibility index (Phi) is 65.1. The first-order chi connectivity index (χ1) is 53.5. The predicted molar refractivity (Wildman–Crippen MR) is 424 cm³/mol. The fourth-order valence-corrected chi connectivity index (χ4v) is 10.4. The molecule has 43 heteroatoms. The third-order valence-electron chi connectivity index (χ3n) is 15.4. The third kappa shape index (κ3) is 61.2. The minimum absolute atomic E-state index is 0.00154. The molecule has 4 rings (SSSR count). The van der Waals surface area contributed by atoms with Crippen LogP contribution < -0.4 is 10.6 Å². The molecule has 0 radical (unpaired) electrons. The number of halogens is 2. The van der Waals surface area contributed by atoms with Crippen LogP contribution in [0.15, 0.2) is 20.5 Å². The van der Waals surface area contributed by atoms with E-state index in [9.17, 15) is 53.1 Å². The van der Waals surface area contributed by atoms with Crippen molar-refractivity contribution in [1.29, 1.82) is 0 Å². The zero-order valence-electron chi connectivity index (χ0n) is 68.6. The molecule has 4 saturated heterocycles. The lowest BCUT2D eigenvalue weighted by Crippen LogP contribution is -2.59. The van der Waals surface area contributed by atoms with Gasteiger partial charge in [0.2, 0.25) is 23.0 Å². The van der Waals surface area contributed by atoms with Crippen molar-refractivity contribution in [3.05, 3.63) is 41.8 Å². The first-order valence-corrected chi connectivity index (χ1v) is 39.3. The van der Waals surface area contributed by atoms with E-state index in [1.165, 1.54) is 31.1 Å². The molecule has 0 bridgehead atoms. The molecule has 0 aromatic rings. The van der Waals surface area contributed by atoms with Gasteiger partial charge in [0, 0.05) is 177 Å². The number of aliphatic hydroxyl groups excluding tert-OH is 2. The second-order valence-corrected chi connectivity index (χ2v) is 30.0. The van der Waals surface area contributed by atoms with Gasteiger partial charge in [-0.05, 0) is 147 Å². The number of alkyl halides is 1. The van der Waals surface area contributed by atoms with Crippen LogP contribution in [0.1, 0.15) is 172 Å². The Hall–Kier alpha value is -7.97. The number of rotatable bonds is 36. The van der Waals surface area contributed by atoms with E-state index >= 15 is 0 Å². The lowest BCUT2D eigenvalue weighted by Gasteiger charge is -2.41. The average Bonchev–Trinajstić information content (AvgIpc) is 0.836. The smallest absolute Gasteiger partial charge is 0.410 e. The van der Waals surface area contributed by atoms with E-state index < -0.39 is 64.2 Å². The van der Waals surface area contributed by atoms with Crippen molar-refractivity contribution < 1.29 is 101 Å². The average molecular weight is 1700 g/mol. The molecule has 0 spiro atoms. The Morgan fingerprint density at radius 2 is 0.814 bits per heavy atom. The number of azide groups is 4. The highest BCUT2D eigenvalue weighted by atomic mass is 79.9. The molecule has 0 aromatic carbocycles. The second kappa shape index (κ2) is 67.4. The van der Waals surface area contributed by atoms with Crippen LogP contribution in [-0.4, -0.2) is 322 Å². The van der Waals surface area contributed by atoms with Crippen LogP contribution >= 0.6 is 27.5 Å². The van der Waals surface area contributed by atoms with E-state index in [-0.39, 0.29) is 95.1 Å². The molecule has 0 aliphatic carbocycles. The highest BCUT2D eigenvalue weighted by molar-refractivity contribution is 9.09. The highest BCUT2D eigenvalue weighted by Crippen LogP contribution is 2.21. The van der Waals surface area contributed by atoms with Gasteiger partial charge in [0.25, 0.3) is 0 Å². The largest absolute Gasteiger partial charge is 0.481 e. The molecule has 4 aliphatic rings. The first-order valence-electron chi connectivity index (χ1n) is 37.8. The van der Waals surface area contributed by atoms with E-state index in [1.54, 1.807) is 61.1 Å². The topological polar surface area (TPSA) is 544 Å². The predicted octanol–water partition coefficient (Wildman–Crippen LogP) is 9.57. The van der Waals surface area contributed by atoms with Crippen LogP contribution in [0.4, 0.5) is 14.4 Å². The summed E-state index contributed by atoms with van der Waals surface area (Å²) < 4.78 is 40.1. The maximum atomic E-state index is 12.6. The van der Waals surface area contributed by atoms with Crippen molar-refractivity contribution in [3.63, 3.8) is 0 Å². The Balaban J connectivity index is -0.00000134. The molecule has 41 nitrogen and oxygen atoms in total. The van der Waals surface area contributed by atoms with Crippen LogP contribution in [0.2, 0.25) is 0 Å². The lowest BCUT2D eigenvalue weighted by molar-refractivity contribution is -0.151. The van der Waals surface area contributed by atoms with Crippen LogP contribution in [-0.2, 0) is 71.5 Å². The number of carbonyl (C=O) groups excluding carboxylic acids is 9. The van der Waals surface area contributed by atoms with Crippen molar-refractivity contribution >= 4 is 86.7 Å². The fraction of sp³-hybridized carbons (Fsp3) is 0.857. The molecular weight excluding hydrogens is 1570 g/mol. The number of carboxylic acids is 1. The van der Waals surface area contributed by atoms with Gasteiger partial charge < -0.3 is 83.4 Å². The van der Waals surface area contributed by atoms with Gasteiger partial charge in [0.05, 0.1) is 37.4 Å². The number of esters is 2. The molecule has 6 amide bonds. The minimum Gasteiger partial charge on any atom is -0.481 e. The Morgan fingerprint density at radius 1 is 0.469 bits per heavy atom. The number of methoxy groups -OCH3 is 3. The van der Waals surface area contributed by atoms with E-state index in [2.05, 4.69) is 71.4 Å². The molecule has 0 saturated carbocycles. The summed E-state index contributed by atoms with van der Waals surface area (Å²) in [5.41, 5.74) is 30.8. The number of carboxylic acid groups (broad SMARTS) is 1. The zero-order valence-corrected chi connectivity index (χ0v) is 70.9. The number of aliphatic carboxylic acids is 1. The maximum Gasteiger partial charge on any atom is 0.410 e. The van der Waals surface area contributed by atoms with Crippen molar-refractivity contribution in [2.75, 3.05) is 178 Å². The number of nitrogens with zero attached hydrogens (tertiary/aromatic N) is 18. The van der Waals surface area contributed by atoms with Gasteiger partial charge in [-0.1, -0.05) is 69.0 Å². The molecule has 5 N–H and O–H groups in total. The van der Waals surface area contributed by atoms with E-state index in [1.807, 2.05) is 27.7 Å². The van der Waals surface area contributed by atoms with Crippen molar-refractivity contribution in [2.24, 2.45) is 20.5 Å². The van der Waals surface area contributed by atoms with Gasteiger partial charge in [-0.25, -0.2) is 24.0 Å². The molecule has 113 heavy (non-hydrogen) atoms. The third-order valence-corrected chi connectivity index (χ3v) is 15.6. The molecule has 4 aliphatic heterocycles. The van der Waals surface area contributed by atoms with Crippen molar-refractivity contribution in [2.45, 2.75) is 213 Å². The summed E-state index contributed by atoms with van der Waals surface area (Å²) in [5.74, 6) is -1.60. The van der Waals surface area contributed by atoms with Crippen LogP contribution in [0.3, 0.4) is 0 Å². The number of piperazine rings is 4. The second-order valence-electron chi connectivity index (χ2n) is 28.5. The molecule has 4 heterocycles. The Morgan fingerprint density at radius 3 is 1.15 bits per heavy atom. The normalized spacial score (nSPS) is 16.4. The maximum absolute atomic E-state index is 12.6. The number of hydrogen-bond acceptors (Lipinski definition) is 26. The van der Waals surface area contributed by atoms with Crippen LogP contribution in [0.5, 0.6) is 0 Å². The molecule has 4 atom stereocenters. The Labute approximate surface area is 677 Å². The number of aliphatic hydroxyl groups is 2. The van der Waals surface area contributed by atoms with Gasteiger partial charge >= 0.3 is 36.2 Å². The molecule has 648 valence electrons. The summed E-state index contributed by atoms with van der Waals surface area (Å²) in [4.78, 5) is 137. The van der Waals surface area contributed by atoms with E-state index in [4.69, 9.17) is 77.1 Å². The summed E-state index contributed by atoms with van der Waals surface area (Å²) in [7, 11) is 4.25. The molecular formula is C70H128BrClN20O21. The number of hydrogen-bond donors (Lipinski definition) is 5. The summed E-state index contributed by atoms with van der Waals surface area (Å²) in [6, 6.07) is -1.16. The summed E-state index contributed by atoms with van der Waals surface area (Å²) in [5, 5.41) is 47.6. The molecule has 4 fully saturated rings. The summed E-state index contributed by atoms with van der Waals surface area (Å²) in [6.45, 7) is 25.7. The Bertz CT molecular complexity index is 2930. The van der Waals surface area contributed by atoms with Gasteiger partial charge in [-0.2, -0.15) is 0 Å². The number of nitrogens with one attached hydrogen (secondary N) is 2. The van der Waals surface area contributed by atoms with Gasteiger partial charge in [0.15, 0.2) is 0 Å².